The van der Waals surface area contributed by atoms with Gasteiger partial charge in [0.15, 0.2) is 6.10 Å². The number of aromatic nitrogens is 2. The average Bonchev–Trinajstić information content (AvgIpc) is 3.05. The van der Waals surface area contributed by atoms with E-state index in [1.165, 1.54) is 18.3 Å². The molecule has 0 unspecified atom stereocenters. The van der Waals surface area contributed by atoms with Crippen LogP contribution in [0.4, 0.5) is 4.79 Å². The van der Waals surface area contributed by atoms with E-state index in [-0.39, 0.29) is 11.3 Å². The molecule has 1 aromatic heterocycles. The molecule has 1 heterocycles. The molecule has 0 aliphatic rings. The first-order chi connectivity index (χ1) is 13.2. The number of amides is 2. The number of carbonyl (C=O) groups is 2. The Morgan fingerprint density at radius 3 is 2.43 bits per heavy atom. The lowest BCUT2D eigenvalue weighted by molar-refractivity contribution is -0.126. The lowest BCUT2D eigenvalue weighted by atomic mass is 10.1. The van der Waals surface area contributed by atoms with Gasteiger partial charge >= 0.3 is 6.09 Å². The average molecular weight is 402 g/mol. The molecule has 3 aromatic rings. The van der Waals surface area contributed by atoms with Crippen molar-refractivity contribution in [3.05, 3.63) is 59.8 Å². The van der Waals surface area contributed by atoms with Gasteiger partial charge in [-0.2, -0.15) is 17.6 Å². The van der Waals surface area contributed by atoms with E-state index in [0.717, 1.165) is 9.65 Å². The molecule has 9 nitrogen and oxygen atoms in total. The summed E-state index contributed by atoms with van der Waals surface area (Å²) in [5.74, 6) is -0.837. The molecule has 0 aliphatic carbocycles. The SMILES string of the molecule is Cc1ccc(S(=O)(=O)n2ncc3cc(C[C@H](OC(N)=O)C(N)=O)ccc32)cc1. The molecule has 2 amide bonds. The zero-order valence-corrected chi connectivity index (χ0v) is 15.7. The van der Waals surface area contributed by atoms with E-state index in [1.807, 2.05) is 6.92 Å². The van der Waals surface area contributed by atoms with Crippen LogP contribution in [-0.2, 0) is 26.0 Å². The van der Waals surface area contributed by atoms with Gasteiger partial charge in [-0.25, -0.2) is 4.79 Å². The molecule has 0 saturated heterocycles. The number of hydrogen-bond donors (Lipinski definition) is 2. The van der Waals surface area contributed by atoms with Gasteiger partial charge in [0.2, 0.25) is 0 Å². The molecule has 0 aliphatic heterocycles. The van der Waals surface area contributed by atoms with Crippen molar-refractivity contribution in [2.75, 3.05) is 0 Å². The molecule has 0 spiro atoms. The van der Waals surface area contributed by atoms with Crippen LogP contribution in [0.1, 0.15) is 11.1 Å². The highest BCUT2D eigenvalue weighted by Gasteiger charge is 2.22. The van der Waals surface area contributed by atoms with Gasteiger partial charge in [0.1, 0.15) is 0 Å². The first-order valence-corrected chi connectivity index (χ1v) is 9.67. The van der Waals surface area contributed by atoms with Gasteiger partial charge in [0, 0.05) is 11.8 Å². The maximum Gasteiger partial charge on any atom is 0.405 e. The van der Waals surface area contributed by atoms with Crippen molar-refractivity contribution in [3.63, 3.8) is 0 Å². The van der Waals surface area contributed by atoms with Crippen LogP contribution in [0.2, 0.25) is 0 Å². The summed E-state index contributed by atoms with van der Waals surface area (Å²) in [4.78, 5) is 22.4. The number of fused-ring (bicyclic) bond motifs is 1. The van der Waals surface area contributed by atoms with E-state index in [0.29, 0.717) is 16.5 Å². The van der Waals surface area contributed by atoms with Crippen LogP contribution in [0.5, 0.6) is 0 Å². The molecule has 28 heavy (non-hydrogen) atoms. The van der Waals surface area contributed by atoms with Crippen molar-refractivity contribution >= 4 is 32.9 Å². The second-order valence-electron chi connectivity index (χ2n) is 6.23. The van der Waals surface area contributed by atoms with E-state index < -0.39 is 28.1 Å². The predicted molar refractivity (Wildman–Crippen MR) is 101 cm³/mol. The van der Waals surface area contributed by atoms with Gasteiger partial charge in [-0.1, -0.05) is 23.8 Å². The molecular weight excluding hydrogens is 384 g/mol. The Morgan fingerprint density at radius 2 is 1.82 bits per heavy atom. The van der Waals surface area contributed by atoms with Crippen LogP contribution < -0.4 is 11.5 Å². The second kappa shape index (κ2) is 7.31. The molecule has 10 heteroatoms. The highest BCUT2D eigenvalue weighted by molar-refractivity contribution is 7.90. The van der Waals surface area contributed by atoms with E-state index >= 15 is 0 Å². The number of nitrogens with two attached hydrogens (primary N) is 2. The molecule has 2 aromatic carbocycles. The number of carbonyl (C=O) groups excluding carboxylic acids is 2. The van der Waals surface area contributed by atoms with Crippen LogP contribution in [0, 0.1) is 6.92 Å². The fourth-order valence-electron chi connectivity index (χ4n) is 2.74. The monoisotopic (exact) mass is 402 g/mol. The fraction of sp³-hybridized carbons (Fsp3) is 0.167. The Hall–Kier alpha value is -3.40. The Kier molecular flexibility index (Phi) is 5.06. The van der Waals surface area contributed by atoms with Gasteiger partial charge in [-0.05, 0) is 36.8 Å². The topological polar surface area (TPSA) is 147 Å². The normalized spacial score (nSPS) is 12.6. The van der Waals surface area contributed by atoms with Gasteiger partial charge in [-0.15, -0.1) is 0 Å². The highest BCUT2D eigenvalue weighted by Crippen LogP contribution is 2.22. The van der Waals surface area contributed by atoms with E-state index in [9.17, 15) is 18.0 Å². The second-order valence-corrected chi connectivity index (χ2v) is 8.00. The van der Waals surface area contributed by atoms with Crippen molar-refractivity contribution < 1.29 is 22.7 Å². The minimum absolute atomic E-state index is 0.00407. The van der Waals surface area contributed by atoms with Crippen molar-refractivity contribution in [1.29, 1.82) is 0 Å². The van der Waals surface area contributed by atoms with E-state index in [1.54, 1.807) is 30.3 Å². The lowest BCUT2D eigenvalue weighted by Crippen LogP contribution is -2.36. The van der Waals surface area contributed by atoms with Gasteiger partial charge in [-0.3, -0.25) is 4.79 Å². The Bertz CT molecular complexity index is 1150. The zero-order chi connectivity index (χ0) is 20.5. The third-order valence-corrected chi connectivity index (χ3v) is 5.76. The fourth-order valence-corrected chi connectivity index (χ4v) is 4.02. The summed E-state index contributed by atoms with van der Waals surface area (Å²) in [6.07, 6.45) is -0.925. The van der Waals surface area contributed by atoms with Crippen LogP contribution >= 0.6 is 0 Å². The van der Waals surface area contributed by atoms with Crippen LogP contribution in [0.25, 0.3) is 10.9 Å². The number of rotatable bonds is 6. The van der Waals surface area contributed by atoms with Crippen LogP contribution in [-0.4, -0.2) is 35.7 Å². The molecule has 0 fully saturated rings. The quantitative estimate of drug-likeness (QED) is 0.630. The lowest BCUT2D eigenvalue weighted by Gasteiger charge is -2.13. The summed E-state index contributed by atoms with van der Waals surface area (Å²) in [6, 6.07) is 11.3. The third kappa shape index (κ3) is 3.81. The highest BCUT2D eigenvalue weighted by atomic mass is 32.2. The van der Waals surface area contributed by atoms with Crippen molar-refractivity contribution in [2.24, 2.45) is 11.5 Å². The number of hydrogen-bond acceptors (Lipinski definition) is 6. The number of primary amides is 2. The summed E-state index contributed by atoms with van der Waals surface area (Å²) in [5.41, 5.74) is 12.1. The predicted octanol–water partition coefficient (Wildman–Crippen LogP) is 1.07. The third-order valence-electron chi connectivity index (χ3n) is 4.14. The summed E-state index contributed by atoms with van der Waals surface area (Å²) < 4.78 is 31.4. The van der Waals surface area contributed by atoms with Crippen molar-refractivity contribution in [2.45, 2.75) is 24.3 Å². The van der Waals surface area contributed by atoms with Gasteiger partial charge in [0.05, 0.1) is 16.6 Å². The summed E-state index contributed by atoms with van der Waals surface area (Å²) >= 11 is 0. The first kappa shape index (κ1) is 19.4. The Labute approximate surface area is 160 Å². The molecule has 0 saturated carbocycles. The number of aryl methyl sites for hydroxylation is 1. The standard InChI is InChI=1S/C18H18N4O5S/c1-11-2-5-14(6-3-11)28(25,26)22-15-7-4-12(8-13(15)10-21-22)9-16(17(19)23)27-18(20)24/h2-8,10,16H,9H2,1H3,(H2,19,23)(H2,20,24)/t16-/m0/s1. The first-order valence-electron chi connectivity index (χ1n) is 8.23. The number of nitrogens with zero attached hydrogens (tertiary/aromatic N) is 2. The Balaban J connectivity index is 1.95. The molecule has 3 rings (SSSR count). The molecule has 0 radical (unpaired) electrons. The summed E-state index contributed by atoms with van der Waals surface area (Å²) in [5, 5.41) is 4.54. The number of benzene rings is 2. The number of ether oxygens (including phenoxy) is 1. The maximum absolute atomic E-state index is 12.9. The minimum atomic E-state index is -3.86. The molecule has 4 N–H and O–H groups in total. The van der Waals surface area contributed by atoms with Crippen LogP contribution in [0.15, 0.2) is 53.6 Å². The van der Waals surface area contributed by atoms with Crippen molar-refractivity contribution in [1.82, 2.24) is 9.19 Å². The van der Waals surface area contributed by atoms with E-state index in [2.05, 4.69) is 5.10 Å². The van der Waals surface area contributed by atoms with Gasteiger partial charge in [0.25, 0.3) is 15.9 Å². The molecule has 0 bridgehead atoms. The summed E-state index contributed by atoms with van der Waals surface area (Å²) in [7, 11) is -3.86. The minimum Gasteiger partial charge on any atom is -0.436 e. The molecular formula is C18H18N4O5S. The smallest absolute Gasteiger partial charge is 0.405 e. The van der Waals surface area contributed by atoms with Crippen molar-refractivity contribution in [3.8, 4) is 0 Å². The van der Waals surface area contributed by atoms with Crippen LogP contribution in [0.3, 0.4) is 0 Å². The molecule has 1 atom stereocenters. The Morgan fingerprint density at radius 1 is 1.14 bits per heavy atom. The van der Waals surface area contributed by atoms with Gasteiger partial charge < -0.3 is 16.2 Å². The molecule has 146 valence electrons. The maximum atomic E-state index is 12.9. The summed E-state index contributed by atoms with van der Waals surface area (Å²) in [6.45, 7) is 1.86. The van der Waals surface area contributed by atoms with E-state index in [4.69, 9.17) is 16.2 Å². The zero-order valence-electron chi connectivity index (χ0n) is 14.9. The largest absolute Gasteiger partial charge is 0.436 e.